The standard InChI is InChI=1S/C13H25NO3/c1-4-11(5-2)14(7-8-15)13(16)12-10(3)6-9-17-12/h10-12,15H,4-9H2,1-3H3. The largest absolute Gasteiger partial charge is 0.395 e. The average molecular weight is 243 g/mol. The molecule has 2 atom stereocenters. The van der Waals surface area contributed by atoms with Crippen LogP contribution in [0.2, 0.25) is 0 Å². The number of aliphatic hydroxyl groups excluding tert-OH is 1. The average Bonchev–Trinajstić information content (AvgIpc) is 2.75. The van der Waals surface area contributed by atoms with Crippen molar-refractivity contribution in [2.75, 3.05) is 19.8 Å². The molecule has 0 spiro atoms. The summed E-state index contributed by atoms with van der Waals surface area (Å²) in [6, 6.07) is 0.214. The second-order valence-corrected chi connectivity index (χ2v) is 4.78. The number of aliphatic hydroxyl groups is 1. The van der Waals surface area contributed by atoms with Gasteiger partial charge in [-0.1, -0.05) is 20.8 Å². The van der Waals surface area contributed by atoms with Gasteiger partial charge in [0.15, 0.2) is 0 Å². The van der Waals surface area contributed by atoms with Crippen LogP contribution in [0.3, 0.4) is 0 Å². The highest BCUT2D eigenvalue weighted by Gasteiger charge is 2.35. The zero-order valence-electron chi connectivity index (χ0n) is 11.2. The Morgan fingerprint density at radius 2 is 2.12 bits per heavy atom. The van der Waals surface area contributed by atoms with E-state index < -0.39 is 0 Å². The van der Waals surface area contributed by atoms with E-state index in [0.29, 0.717) is 13.2 Å². The lowest BCUT2D eigenvalue weighted by Crippen LogP contribution is -2.47. The molecule has 1 saturated heterocycles. The lowest BCUT2D eigenvalue weighted by atomic mass is 10.0. The van der Waals surface area contributed by atoms with Crippen molar-refractivity contribution in [3.63, 3.8) is 0 Å². The summed E-state index contributed by atoms with van der Waals surface area (Å²) in [6.45, 7) is 7.31. The molecule has 0 saturated carbocycles. The van der Waals surface area contributed by atoms with Crippen LogP contribution < -0.4 is 0 Å². The summed E-state index contributed by atoms with van der Waals surface area (Å²) < 4.78 is 5.52. The lowest BCUT2D eigenvalue weighted by Gasteiger charge is -2.32. The maximum absolute atomic E-state index is 12.4. The van der Waals surface area contributed by atoms with Crippen molar-refractivity contribution in [2.45, 2.75) is 52.2 Å². The summed E-state index contributed by atoms with van der Waals surface area (Å²) in [4.78, 5) is 14.2. The molecule has 1 amide bonds. The molecule has 1 fully saturated rings. The molecule has 0 bridgehead atoms. The fourth-order valence-electron chi connectivity index (χ4n) is 2.48. The van der Waals surface area contributed by atoms with Crippen LogP contribution >= 0.6 is 0 Å². The Morgan fingerprint density at radius 3 is 2.53 bits per heavy atom. The highest BCUT2D eigenvalue weighted by molar-refractivity contribution is 5.81. The van der Waals surface area contributed by atoms with Crippen LogP contribution in [0.1, 0.15) is 40.0 Å². The lowest BCUT2D eigenvalue weighted by molar-refractivity contribution is -0.145. The second-order valence-electron chi connectivity index (χ2n) is 4.78. The number of rotatable bonds is 6. The predicted octanol–water partition coefficient (Wildman–Crippen LogP) is 1.42. The fraction of sp³-hybridized carbons (Fsp3) is 0.923. The molecule has 1 aliphatic heterocycles. The van der Waals surface area contributed by atoms with Gasteiger partial charge in [0.25, 0.3) is 5.91 Å². The minimum Gasteiger partial charge on any atom is -0.395 e. The minimum atomic E-state index is -0.304. The summed E-state index contributed by atoms with van der Waals surface area (Å²) in [5.41, 5.74) is 0. The smallest absolute Gasteiger partial charge is 0.252 e. The Balaban J connectivity index is 2.71. The highest BCUT2D eigenvalue weighted by Crippen LogP contribution is 2.23. The zero-order valence-corrected chi connectivity index (χ0v) is 11.2. The van der Waals surface area contributed by atoms with Crippen molar-refractivity contribution in [2.24, 2.45) is 5.92 Å². The summed E-state index contributed by atoms with van der Waals surface area (Å²) in [5, 5.41) is 9.10. The molecule has 1 N–H and O–H groups in total. The maximum Gasteiger partial charge on any atom is 0.252 e. The van der Waals surface area contributed by atoms with Crippen LogP contribution in [-0.4, -0.2) is 47.8 Å². The molecule has 1 rings (SSSR count). The van der Waals surface area contributed by atoms with Crippen LogP contribution in [0.25, 0.3) is 0 Å². The molecule has 1 heterocycles. The van der Waals surface area contributed by atoms with E-state index in [2.05, 4.69) is 20.8 Å². The monoisotopic (exact) mass is 243 g/mol. The van der Waals surface area contributed by atoms with E-state index in [1.807, 2.05) is 0 Å². The van der Waals surface area contributed by atoms with E-state index in [1.165, 1.54) is 0 Å². The zero-order chi connectivity index (χ0) is 12.8. The maximum atomic E-state index is 12.4. The third-order valence-corrected chi connectivity index (χ3v) is 3.64. The summed E-state index contributed by atoms with van der Waals surface area (Å²) in [7, 11) is 0. The number of amides is 1. The van der Waals surface area contributed by atoms with Gasteiger partial charge < -0.3 is 14.7 Å². The molecule has 0 aromatic carbocycles. The molecular weight excluding hydrogens is 218 g/mol. The third kappa shape index (κ3) is 3.42. The number of ether oxygens (including phenoxy) is 1. The number of hydrogen-bond donors (Lipinski definition) is 1. The van der Waals surface area contributed by atoms with Gasteiger partial charge in [-0.15, -0.1) is 0 Å². The predicted molar refractivity (Wildman–Crippen MR) is 66.7 cm³/mol. The van der Waals surface area contributed by atoms with Gasteiger partial charge in [-0.25, -0.2) is 0 Å². The molecule has 4 heteroatoms. The summed E-state index contributed by atoms with van der Waals surface area (Å²) >= 11 is 0. The molecule has 17 heavy (non-hydrogen) atoms. The molecule has 1 aliphatic rings. The second kappa shape index (κ2) is 6.97. The van der Waals surface area contributed by atoms with Gasteiger partial charge in [-0.05, 0) is 25.2 Å². The van der Waals surface area contributed by atoms with E-state index in [1.54, 1.807) is 4.90 Å². The Morgan fingerprint density at radius 1 is 1.47 bits per heavy atom. The molecule has 0 aliphatic carbocycles. The highest BCUT2D eigenvalue weighted by atomic mass is 16.5. The number of carbonyl (C=O) groups is 1. The molecule has 4 nitrogen and oxygen atoms in total. The van der Waals surface area contributed by atoms with E-state index in [0.717, 1.165) is 19.3 Å². The number of carbonyl (C=O) groups excluding carboxylic acids is 1. The van der Waals surface area contributed by atoms with Crippen LogP contribution in [-0.2, 0) is 9.53 Å². The fourth-order valence-corrected chi connectivity index (χ4v) is 2.48. The summed E-state index contributed by atoms with van der Waals surface area (Å²) in [5.74, 6) is 0.343. The number of hydrogen-bond acceptors (Lipinski definition) is 3. The van der Waals surface area contributed by atoms with Crippen LogP contribution in [0, 0.1) is 5.92 Å². The van der Waals surface area contributed by atoms with Gasteiger partial charge >= 0.3 is 0 Å². The Labute approximate surface area is 104 Å². The first-order valence-corrected chi connectivity index (χ1v) is 6.68. The van der Waals surface area contributed by atoms with E-state index in [-0.39, 0.29) is 30.6 Å². The van der Waals surface area contributed by atoms with Gasteiger partial charge in [-0.2, -0.15) is 0 Å². The van der Waals surface area contributed by atoms with Crippen LogP contribution in [0.15, 0.2) is 0 Å². The minimum absolute atomic E-state index is 0.0172. The normalized spacial score (nSPS) is 24.3. The van der Waals surface area contributed by atoms with Crippen molar-refractivity contribution in [1.29, 1.82) is 0 Å². The first-order valence-electron chi connectivity index (χ1n) is 6.68. The van der Waals surface area contributed by atoms with Gasteiger partial charge in [0, 0.05) is 19.2 Å². The molecule has 0 aromatic heterocycles. The van der Waals surface area contributed by atoms with E-state index in [4.69, 9.17) is 9.84 Å². The Bertz CT molecular complexity index is 241. The molecule has 0 radical (unpaired) electrons. The summed E-state index contributed by atoms with van der Waals surface area (Å²) in [6.07, 6.45) is 2.49. The number of nitrogens with zero attached hydrogens (tertiary/aromatic N) is 1. The van der Waals surface area contributed by atoms with Gasteiger partial charge in [0.05, 0.1) is 6.61 Å². The molecule has 100 valence electrons. The van der Waals surface area contributed by atoms with Gasteiger partial charge in [-0.3, -0.25) is 4.79 Å². The topological polar surface area (TPSA) is 49.8 Å². The quantitative estimate of drug-likeness (QED) is 0.767. The Kier molecular flexibility index (Phi) is 5.92. The van der Waals surface area contributed by atoms with Crippen LogP contribution in [0.5, 0.6) is 0 Å². The SMILES string of the molecule is CCC(CC)N(CCO)C(=O)C1OCCC1C. The van der Waals surface area contributed by atoms with Crippen molar-refractivity contribution < 1.29 is 14.6 Å². The van der Waals surface area contributed by atoms with Crippen LogP contribution in [0.4, 0.5) is 0 Å². The van der Waals surface area contributed by atoms with E-state index >= 15 is 0 Å². The van der Waals surface area contributed by atoms with Crippen molar-refractivity contribution in [3.8, 4) is 0 Å². The van der Waals surface area contributed by atoms with Crippen molar-refractivity contribution >= 4 is 5.91 Å². The Hall–Kier alpha value is -0.610. The third-order valence-electron chi connectivity index (χ3n) is 3.64. The molecule has 0 aromatic rings. The first-order chi connectivity index (χ1) is 8.15. The van der Waals surface area contributed by atoms with Crippen molar-refractivity contribution in [1.82, 2.24) is 4.90 Å². The van der Waals surface area contributed by atoms with Crippen molar-refractivity contribution in [3.05, 3.63) is 0 Å². The first kappa shape index (κ1) is 14.5. The van der Waals surface area contributed by atoms with Gasteiger partial charge in [0.1, 0.15) is 6.10 Å². The molecular formula is C13H25NO3. The van der Waals surface area contributed by atoms with Gasteiger partial charge in [0.2, 0.25) is 0 Å². The van der Waals surface area contributed by atoms with E-state index in [9.17, 15) is 4.79 Å². The molecule has 2 unspecified atom stereocenters.